The van der Waals surface area contributed by atoms with Gasteiger partial charge in [-0.05, 0) is 139 Å². The van der Waals surface area contributed by atoms with Crippen LogP contribution < -0.4 is 12.4 Å². The number of hydrogen-bond acceptors (Lipinski definition) is 14. The molecule has 6 heterocycles. The van der Waals surface area contributed by atoms with E-state index in [1.54, 1.807) is 22.7 Å². The van der Waals surface area contributed by atoms with Gasteiger partial charge < -0.3 is 55.3 Å². The minimum absolute atomic E-state index is 0. The summed E-state index contributed by atoms with van der Waals surface area (Å²) in [6.45, 7) is 0. The average molecular weight is 1790 g/mol. The van der Waals surface area contributed by atoms with Gasteiger partial charge in [-0.1, -0.05) is 92.5 Å². The van der Waals surface area contributed by atoms with Gasteiger partial charge in [-0.3, -0.25) is 0 Å². The van der Waals surface area contributed by atoms with E-state index in [0.717, 1.165) is 62.8 Å². The summed E-state index contributed by atoms with van der Waals surface area (Å²) in [5.74, 6) is 0. The van der Waals surface area contributed by atoms with E-state index in [9.17, 15) is 10.2 Å². The summed E-state index contributed by atoms with van der Waals surface area (Å²) in [5.41, 5.74) is 1.74. The number of aliphatic hydroxyl groups is 2. The zero-order chi connectivity index (χ0) is 42.8. The van der Waals surface area contributed by atoms with E-state index in [2.05, 4.69) is 232 Å². The first-order valence-electron chi connectivity index (χ1n) is 14.5. The van der Waals surface area contributed by atoms with E-state index in [0.29, 0.717) is 9.21 Å². The Kier molecular flexibility index (Phi) is 37.7. The molecule has 0 fully saturated rings. The van der Waals surface area contributed by atoms with Crippen LogP contribution in [0.1, 0.15) is 33.1 Å². The Morgan fingerprint density at radius 1 is 0.459 bits per heavy atom. The summed E-state index contributed by atoms with van der Waals surface area (Å²) >= 11 is 47.6. The molecule has 0 saturated heterocycles. The van der Waals surface area contributed by atoms with Crippen LogP contribution in [0.5, 0.6) is 0 Å². The maximum atomic E-state index is 10.1. The number of hydrogen-bond donors (Lipinski definition) is 2. The fraction of sp³-hybridized carbons (Fsp3) is 0.0625. The molecule has 0 aliphatic carbocycles. The van der Waals surface area contributed by atoms with Gasteiger partial charge in [-0.25, -0.2) is 19.9 Å². The van der Waals surface area contributed by atoms with Crippen molar-refractivity contribution in [2.75, 3.05) is 0 Å². The van der Waals surface area contributed by atoms with E-state index in [1.807, 2.05) is 71.4 Å². The van der Waals surface area contributed by atoms with Crippen molar-refractivity contribution in [1.29, 1.82) is 0 Å². The predicted molar refractivity (Wildman–Crippen MR) is 290 cm³/mol. The van der Waals surface area contributed by atoms with Crippen molar-refractivity contribution in [1.82, 2.24) is 29.9 Å². The van der Waals surface area contributed by atoms with Crippen molar-refractivity contribution in [2.24, 2.45) is 0 Å². The van der Waals surface area contributed by atoms with Crippen LogP contribution >= 0.6 is 259 Å². The fourth-order valence-electron chi connectivity index (χ4n) is 3.37. The summed E-state index contributed by atoms with van der Waals surface area (Å²) in [5, 5.41) is 29.8. The summed E-state index contributed by atoms with van der Waals surface area (Å²) in [6, 6.07) is 19.0. The molecule has 8 aromatic rings. The van der Waals surface area contributed by atoms with E-state index in [1.165, 1.54) is 45.3 Å². The number of aliphatic hydroxyl groups excluding tert-OH is 2. The van der Waals surface area contributed by atoms with Crippen LogP contribution in [0, 0.1) is 10.8 Å². The van der Waals surface area contributed by atoms with Crippen molar-refractivity contribution in [2.45, 2.75) is 12.2 Å². The first kappa shape index (κ1) is 64.6. The van der Waals surface area contributed by atoms with Gasteiger partial charge in [-0.2, -0.15) is 10.8 Å². The molecule has 0 aliphatic heterocycles. The third-order valence-electron chi connectivity index (χ3n) is 5.60. The Hall–Kier alpha value is 3.58. The van der Waals surface area contributed by atoms with Crippen LogP contribution in [0.25, 0.3) is 0 Å². The Labute approximate surface area is 511 Å². The number of aromatic nitrogens is 6. The summed E-state index contributed by atoms with van der Waals surface area (Å²) in [4.78, 5) is 25.7. The van der Waals surface area contributed by atoms with Gasteiger partial charge in [0.05, 0.1) is 9.75 Å². The molecule has 0 saturated carbocycles. The molecule has 2 atom stereocenters. The number of nitrogens with zero attached hydrogens (tertiary/aromatic N) is 6. The van der Waals surface area contributed by atoms with Gasteiger partial charge in [0.2, 0.25) is 0 Å². The van der Waals surface area contributed by atoms with E-state index in [4.69, 9.17) is 0 Å². The van der Waals surface area contributed by atoms with Crippen LogP contribution in [0.3, 0.4) is 0 Å². The van der Waals surface area contributed by atoms with Crippen LogP contribution in [0.4, 0.5) is 0 Å². The summed E-state index contributed by atoms with van der Waals surface area (Å²) < 4.78 is 9.78. The predicted octanol–water partition coefficient (Wildman–Crippen LogP) is 14.4. The minimum Gasteiger partial charge on any atom is -1.00 e. The zero-order valence-electron chi connectivity index (χ0n) is 29.4. The van der Waals surface area contributed by atoms with Gasteiger partial charge >= 0.3 is 23.1 Å². The molecule has 2 unspecified atom stereocenters. The number of benzene rings is 2. The maximum absolute atomic E-state index is 10.1. The summed E-state index contributed by atoms with van der Waals surface area (Å²) in [7, 11) is 0. The number of thiazole rings is 6. The second kappa shape index (κ2) is 35.6. The van der Waals surface area contributed by atoms with Crippen molar-refractivity contribution < 1.29 is 42.1 Å². The Morgan fingerprint density at radius 3 is 0.951 bits per heavy atom. The molecule has 0 spiro atoms. The fourth-order valence-corrected chi connectivity index (χ4v) is 14.6. The van der Waals surface area contributed by atoms with Crippen LogP contribution in [0.15, 0.2) is 123 Å². The van der Waals surface area contributed by atoms with Crippen molar-refractivity contribution >= 4 is 282 Å². The van der Waals surface area contributed by atoms with Gasteiger partial charge in [-0.15, -0.1) is 77.2 Å². The van der Waals surface area contributed by atoms with E-state index in [-0.39, 0.29) is 54.9 Å². The van der Waals surface area contributed by atoms with Crippen molar-refractivity contribution in [3.63, 3.8) is 0 Å². The van der Waals surface area contributed by atoms with Crippen molar-refractivity contribution in [3.8, 4) is 0 Å². The van der Waals surface area contributed by atoms with Crippen LogP contribution in [0.2, 0.25) is 0 Å². The second-order valence-electron chi connectivity index (χ2n) is 9.44. The molecule has 6 aromatic heterocycles. The molecule has 8 nitrogen and oxygen atoms in total. The second-order valence-corrected chi connectivity index (χ2v) is 27.1. The first-order chi connectivity index (χ1) is 27.5. The Bertz CT molecular complexity index is 2090. The molecule has 0 amide bonds. The molecule has 2 N–H and O–H groups in total. The molecule has 318 valence electrons. The van der Waals surface area contributed by atoms with E-state index >= 15 is 0 Å². The monoisotopic (exact) mass is 1780 g/mol. The van der Waals surface area contributed by atoms with Crippen LogP contribution in [-0.2, 0) is 19.5 Å². The molecule has 8 rings (SSSR count). The largest absolute Gasteiger partial charge is 2.00 e. The molecular formula is C32H16Br12ClMgN6O2S6Zn-. The third kappa shape index (κ3) is 26.4. The normalized spacial score (nSPS) is 10.6. The molecule has 29 heteroatoms. The number of halogens is 13. The third-order valence-corrected chi connectivity index (χ3v) is 18.3. The van der Waals surface area contributed by atoms with Gasteiger partial charge in [0, 0.05) is 47.3 Å². The minimum atomic E-state index is -0.621. The maximum Gasteiger partial charge on any atom is 2.00 e. The molecule has 2 aromatic carbocycles. The van der Waals surface area contributed by atoms with Gasteiger partial charge in [0.25, 0.3) is 0 Å². The SMILES string of the molecule is Brc1[c-]sc(Br)n1.Brc1[c-]sc(Br)n1.Brc1csc(Br)n1.Brc1csc(Br)n1.OC(c1ccccc1)c1sc(Br)nc1Br.OC(c1ccccc1)c1sc(Br)nc1Br.[Cl-].[Mg+2].[Zn]. The summed E-state index contributed by atoms with van der Waals surface area (Å²) in [6.07, 6.45) is -1.24. The smallest absolute Gasteiger partial charge is 1.00 e. The molecule has 0 radical (unpaired) electrons. The topological polar surface area (TPSA) is 118 Å². The molecule has 61 heavy (non-hydrogen) atoms. The zero-order valence-corrected chi connectivity index (χ0v) is 58.5. The molecular weight excluding hydrogens is 1780 g/mol. The van der Waals surface area contributed by atoms with Gasteiger partial charge in [0.1, 0.15) is 30.6 Å². The number of rotatable bonds is 4. The standard InChI is InChI=1S/2C10H7Br2NOS.2C3HBr2NS.2C3Br2NS.ClH.Mg.Zn/c2*11-9-8(15-10(12)13-9)7(14)6-4-2-1-3-5-6;4*4-2-1-7-3(5)6-2;;;/h2*1-5,7,14H;2*1H;;;1H;;/q;;;;2*-1;;+2;/p-1. The van der Waals surface area contributed by atoms with Crippen molar-refractivity contribution in [3.05, 3.63) is 154 Å². The van der Waals surface area contributed by atoms with Crippen LogP contribution in [-0.4, -0.2) is 63.2 Å². The Balaban J connectivity index is 0.000000729. The van der Waals surface area contributed by atoms with E-state index < -0.39 is 12.2 Å². The van der Waals surface area contributed by atoms with Gasteiger partial charge in [0.15, 0.2) is 15.7 Å². The quantitative estimate of drug-likeness (QED) is 0.132. The molecule has 0 bridgehead atoms. The average Bonchev–Trinajstić information content (AvgIpc) is 4.07. The Morgan fingerprint density at radius 2 is 0.787 bits per heavy atom. The first-order valence-corrected chi connectivity index (χ1v) is 29.1. The molecule has 0 aliphatic rings.